The number of para-hydroxylation sites is 1. The molecule has 1 aliphatic heterocycles. The highest BCUT2D eigenvalue weighted by atomic mass is 32.2. The molecule has 1 fully saturated rings. The quantitative estimate of drug-likeness (QED) is 0.645. The summed E-state index contributed by atoms with van der Waals surface area (Å²) in [4.78, 5) is 16.6. The number of benzene rings is 2. The zero-order chi connectivity index (χ0) is 22.1. The van der Waals surface area contributed by atoms with Crippen molar-refractivity contribution in [3.8, 4) is 0 Å². The van der Waals surface area contributed by atoms with Crippen molar-refractivity contribution in [2.24, 2.45) is 0 Å². The van der Waals surface area contributed by atoms with Crippen LogP contribution in [-0.2, 0) is 21.4 Å². The third-order valence-electron chi connectivity index (χ3n) is 5.40. The van der Waals surface area contributed by atoms with Gasteiger partial charge in [0.05, 0.1) is 0 Å². The van der Waals surface area contributed by atoms with Gasteiger partial charge in [-0.3, -0.25) is 4.79 Å². The molecule has 0 aliphatic carbocycles. The van der Waals surface area contributed by atoms with E-state index in [1.807, 2.05) is 42.5 Å². The van der Waals surface area contributed by atoms with Gasteiger partial charge in [0.2, 0.25) is 15.9 Å². The molecule has 0 saturated carbocycles. The van der Waals surface area contributed by atoms with Gasteiger partial charge in [0, 0.05) is 50.7 Å². The second kappa shape index (κ2) is 11.1. The lowest BCUT2D eigenvalue weighted by atomic mass is 10.1. The Hall–Kier alpha value is -2.64. The van der Waals surface area contributed by atoms with E-state index in [-0.39, 0.29) is 18.9 Å². The predicted octanol–water partition coefficient (Wildman–Crippen LogP) is 3.62. The highest BCUT2D eigenvalue weighted by Gasteiger charge is 2.17. The lowest BCUT2D eigenvalue weighted by Gasteiger charge is -2.31. The van der Waals surface area contributed by atoms with Crippen LogP contribution in [0.4, 0.5) is 5.69 Å². The van der Waals surface area contributed by atoms with E-state index in [0.717, 1.165) is 29.6 Å². The van der Waals surface area contributed by atoms with Gasteiger partial charge in [-0.25, -0.2) is 13.1 Å². The average molecular weight is 442 g/mol. The third kappa shape index (κ3) is 7.22. The van der Waals surface area contributed by atoms with Gasteiger partial charge in [0.1, 0.15) is 0 Å². The largest absolute Gasteiger partial charge is 0.371 e. The van der Waals surface area contributed by atoms with Crippen LogP contribution < -0.4 is 9.62 Å². The number of nitrogens with one attached hydrogen (secondary N) is 1. The fourth-order valence-electron chi connectivity index (χ4n) is 3.70. The van der Waals surface area contributed by atoms with Crippen LogP contribution in [0.3, 0.4) is 0 Å². The molecule has 1 heterocycles. The molecule has 1 aliphatic rings. The first-order chi connectivity index (χ1) is 14.9. The van der Waals surface area contributed by atoms with Crippen molar-refractivity contribution in [1.29, 1.82) is 0 Å². The number of nitrogens with zero attached hydrogens (tertiary/aromatic N) is 2. The molecule has 1 amide bonds. The summed E-state index contributed by atoms with van der Waals surface area (Å²) >= 11 is 0. The van der Waals surface area contributed by atoms with Crippen LogP contribution in [0.5, 0.6) is 0 Å². The molecule has 3 rings (SSSR count). The van der Waals surface area contributed by atoms with E-state index in [1.165, 1.54) is 31.0 Å². The molecule has 2 aromatic rings. The Morgan fingerprint density at radius 1 is 1.03 bits per heavy atom. The topological polar surface area (TPSA) is 69.7 Å². The molecule has 0 unspecified atom stereocenters. The normalized spacial score (nSPS) is 14.7. The summed E-state index contributed by atoms with van der Waals surface area (Å²) < 4.78 is 26.7. The van der Waals surface area contributed by atoms with Crippen LogP contribution in [-0.4, -0.2) is 45.9 Å². The summed E-state index contributed by atoms with van der Waals surface area (Å²) in [5.41, 5.74) is 3.11. The molecule has 1 N–H and O–H groups in total. The van der Waals surface area contributed by atoms with E-state index in [1.54, 1.807) is 11.9 Å². The molecule has 1 saturated heterocycles. The predicted molar refractivity (Wildman–Crippen MR) is 126 cm³/mol. The zero-order valence-electron chi connectivity index (χ0n) is 18.0. The minimum absolute atomic E-state index is 0.0679. The van der Waals surface area contributed by atoms with Crippen molar-refractivity contribution < 1.29 is 13.2 Å². The maximum Gasteiger partial charge on any atom is 0.233 e. The number of amides is 1. The minimum atomic E-state index is -3.59. The summed E-state index contributed by atoms with van der Waals surface area (Å²) in [5, 5.41) is 1.13. The Morgan fingerprint density at radius 2 is 1.71 bits per heavy atom. The summed E-state index contributed by atoms with van der Waals surface area (Å²) in [5.74, 6) is -0.0943. The molecule has 7 heteroatoms. The fourth-order valence-corrected chi connectivity index (χ4v) is 4.52. The number of sulfonamides is 1. The Labute approximate surface area is 185 Å². The van der Waals surface area contributed by atoms with Gasteiger partial charge in [0.25, 0.3) is 0 Å². The van der Waals surface area contributed by atoms with E-state index < -0.39 is 10.0 Å². The zero-order valence-corrected chi connectivity index (χ0v) is 18.9. The summed E-state index contributed by atoms with van der Waals surface area (Å²) in [6, 6.07) is 17.4. The molecular weight excluding hydrogens is 410 g/mol. The molecule has 0 radical (unpaired) electrons. The van der Waals surface area contributed by atoms with Crippen LogP contribution in [0.2, 0.25) is 0 Å². The number of anilines is 1. The molecule has 0 spiro atoms. The van der Waals surface area contributed by atoms with Crippen molar-refractivity contribution in [3.05, 3.63) is 71.1 Å². The van der Waals surface area contributed by atoms with E-state index in [9.17, 15) is 13.2 Å². The lowest BCUT2D eigenvalue weighted by Crippen LogP contribution is -2.33. The summed E-state index contributed by atoms with van der Waals surface area (Å²) in [6.07, 6.45) is 5.31. The SMILES string of the molecule is CN(Cc1ccccc1N1CCCCC1)C(=O)CCNS(=O)(=O)/C=C/c1ccccc1. The number of piperidine rings is 1. The number of carbonyl (C=O) groups excluding carboxylic acids is 1. The fraction of sp³-hybridized carbons (Fsp3) is 0.375. The van der Waals surface area contributed by atoms with Crippen molar-refractivity contribution in [2.45, 2.75) is 32.2 Å². The van der Waals surface area contributed by atoms with Gasteiger partial charge in [0.15, 0.2) is 0 Å². The monoisotopic (exact) mass is 441 g/mol. The van der Waals surface area contributed by atoms with Crippen LogP contribution in [0.15, 0.2) is 60.0 Å². The Bertz CT molecular complexity index is 984. The standard InChI is InChI=1S/C24H31N3O3S/c1-26(20-22-12-6-7-13-23(22)27-17-8-3-9-18-27)24(28)14-16-25-31(29,30)19-15-21-10-4-2-5-11-21/h2,4-7,10-13,15,19,25H,3,8-9,14,16-18,20H2,1H3/b19-15+. The van der Waals surface area contributed by atoms with Gasteiger partial charge >= 0.3 is 0 Å². The maximum atomic E-state index is 12.6. The van der Waals surface area contributed by atoms with Crippen LogP contribution in [0, 0.1) is 0 Å². The number of rotatable bonds is 9. The molecule has 0 aromatic heterocycles. The third-order valence-corrected chi connectivity index (χ3v) is 6.50. The second-order valence-corrected chi connectivity index (χ2v) is 9.48. The molecule has 2 aromatic carbocycles. The Kier molecular flexibility index (Phi) is 8.26. The molecule has 0 bridgehead atoms. The van der Waals surface area contributed by atoms with Gasteiger partial charge in [-0.15, -0.1) is 0 Å². The van der Waals surface area contributed by atoms with E-state index >= 15 is 0 Å². The minimum Gasteiger partial charge on any atom is -0.371 e. The molecule has 31 heavy (non-hydrogen) atoms. The number of hydrogen-bond donors (Lipinski definition) is 1. The summed E-state index contributed by atoms with van der Waals surface area (Å²) in [7, 11) is -1.83. The van der Waals surface area contributed by atoms with E-state index in [0.29, 0.717) is 6.54 Å². The Morgan fingerprint density at radius 3 is 2.45 bits per heavy atom. The van der Waals surface area contributed by atoms with Crippen molar-refractivity contribution in [3.63, 3.8) is 0 Å². The van der Waals surface area contributed by atoms with E-state index in [2.05, 4.69) is 21.8 Å². The summed E-state index contributed by atoms with van der Waals surface area (Å²) in [6.45, 7) is 2.67. The average Bonchev–Trinajstić information content (AvgIpc) is 2.79. The van der Waals surface area contributed by atoms with Gasteiger partial charge in [-0.1, -0.05) is 48.5 Å². The second-order valence-electron chi connectivity index (χ2n) is 7.83. The number of hydrogen-bond acceptors (Lipinski definition) is 4. The van der Waals surface area contributed by atoms with Crippen LogP contribution >= 0.6 is 0 Å². The molecule has 6 nitrogen and oxygen atoms in total. The molecule has 0 atom stereocenters. The van der Waals surface area contributed by atoms with Gasteiger partial charge in [-0.2, -0.15) is 0 Å². The smallest absolute Gasteiger partial charge is 0.233 e. The first-order valence-electron chi connectivity index (χ1n) is 10.7. The van der Waals surface area contributed by atoms with Crippen molar-refractivity contribution in [1.82, 2.24) is 9.62 Å². The highest BCUT2D eigenvalue weighted by molar-refractivity contribution is 7.92. The number of carbonyl (C=O) groups is 1. The first kappa shape index (κ1) is 23.0. The lowest BCUT2D eigenvalue weighted by molar-refractivity contribution is -0.130. The van der Waals surface area contributed by atoms with E-state index in [4.69, 9.17) is 0 Å². The Balaban J connectivity index is 1.50. The van der Waals surface area contributed by atoms with Gasteiger partial charge < -0.3 is 9.80 Å². The van der Waals surface area contributed by atoms with Crippen molar-refractivity contribution >= 4 is 27.7 Å². The van der Waals surface area contributed by atoms with Crippen molar-refractivity contribution in [2.75, 3.05) is 31.6 Å². The molecule has 166 valence electrons. The molecular formula is C24H31N3O3S. The van der Waals surface area contributed by atoms with Crippen LogP contribution in [0.25, 0.3) is 6.08 Å². The van der Waals surface area contributed by atoms with Crippen LogP contribution in [0.1, 0.15) is 36.8 Å². The highest BCUT2D eigenvalue weighted by Crippen LogP contribution is 2.25. The first-order valence-corrected chi connectivity index (χ1v) is 12.3. The van der Waals surface area contributed by atoms with Gasteiger partial charge in [-0.05, 0) is 42.5 Å². The maximum absolute atomic E-state index is 12.6.